The Labute approximate surface area is 121 Å². The lowest BCUT2D eigenvalue weighted by molar-refractivity contribution is 0.0289. The van der Waals surface area contributed by atoms with Gasteiger partial charge in [0, 0.05) is 0 Å². The van der Waals surface area contributed by atoms with Crippen molar-refractivity contribution in [2.45, 2.75) is 63.9 Å². The molecule has 2 aliphatic rings. The summed E-state index contributed by atoms with van der Waals surface area (Å²) < 4.78 is 6.32. The molecule has 1 aromatic rings. The van der Waals surface area contributed by atoms with Crippen molar-refractivity contribution in [3.8, 4) is 5.75 Å². The van der Waals surface area contributed by atoms with Crippen LogP contribution >= 0.6 is 0 Å². The second kappa shape index (κ2) is 5.59. The number of benzene rings is 1. The summed E-state index contributed by atoms with van der Waals surface area (Å²) in [6, 6.07) is 7.72. The van der Waals surface area contributed by atoms with E-state index in [9.17, 15) is 4.79 Å². The molecule has 1 spiro atoms. The van der Waals surface area contributed by atoms with Gasteiger partial charge in [-0.25, -0.2) is 0 Å². The van der Waals surface area contributed by atoms with Gasteiger partial charge in [0.05, 0.1) is 12.0 Å². The van der Waals surface area contributed by atoms with Gasteiger partial charge in [-0.05, 0) is 43.7 Å². The Hall–Kier alpha value is -1.31. The Morgan fingerprint density at radius 2 is 2.10 bits per heavy atom. The van der Waals surface area contributed by atoms with Crippen LogP contribution in [-0.4, -0.2) is 11.4 Å². The molecule has 2 unspecified atom stereocenters. The highest BCUT2D eigenvalue weighted by atomic mass is 16.5. The number of carbonyl (C=O) groups excluding carboxylic acids is 1. The van der Waals surface area contributed by atoms with Crippen molar-refractivity contribution in [3.05, 3.63) is 29.8 Å². The lowest BCUT2D eigenvalue weighted by Crippen LogP contribution is -2.41. The Bertz CT molecular complexity index is 494. The molecule has 1 saturated carbocycles. The van der Waals surface area contributed by atoms with E-state index in [-0.39, 0.29) is 11.4 Å². The summed E-state index contributed by atoms with van der Waals surface area (Å²) in [5, 5.41) is 0. The number of hydrogen-bond acceptors (Lipinski definition) is 2. The van der Waals surface area contributed by atoms with Crippen LogP contribution in [0.15, 0.2) is 24.3 Å². The number of hydrogen-bond donors (Lipinski definition) is 0. The smallest absolute Gasteiger partial charge is 0.170 e. The molecule has 1 aromatic carbocycles. The molecule has 0 aromatic heterocycles. The molecule has 0 N–H and O–H groups in total. The Balaban J connectivity index is 1.79. The predicted molar refractivity (Wildman–Crippen MR) is 80.2 cm³/mol. The van der Waals surface area contributed by atoms with Crippen LogP contribution < -0.4 is 4.74 Å². The zero-order chi connectivity index (χ0) is 14.0. The third kappa shape index (κ3) is 2.61. The molecule has 1 heterocycles. The summed E-state index contributed by atoms with van der Waals surface area (Å²) in [6.07, 6.45) is 8.94. The Morgan fingerprint density at radius 3 is 2.95 bits per heavy atom. The third-order valence-corrected chi connectivity index (χ3v) is 4.95. The minimum absolute atomic E-state index is 0.214. The van der Waals surface area contributed by atoms with Crippen LogP contribution in [0.5, 0.6) is 5.75 Å². The van der Waals surface area contributed by atoms with Gasteiger partial charge in [-0.15, -0.1) is 0 Å². The van der Waals surface area contributed by atoms with E-state index in [1.54, 1.807) is 0 Å². The van der Waals surface area contributed by atoms with Crippen molar-refractivity contribution >= 4 is 5.78 Å². The molecule has 0 radical (unpaired) electrons. The number of fused-ring (bicyclic) bond motifs is 1. The SMILES string of the molecule is CCCC1CCCC2(CC1)CC(=O)c1ccccc1O2. The standard InChI is InChI=1S/C18H24O2/c1-2-6-14-7-5-11-18(12-10-14)13-16(19)15-8-3-4-9-17(15)20-18/h3-4,8-9,14H,2,5-7,10-13H2,1H3. The van der Waals surface area contributed by atoms with E-state index in [2.05, 4.69) is 6.92 Å². The van der Waals surface area contributed by atoms with Crippen molar-refractivity contribution in [2.24, 2.45) is 5.92 Å². The third-order valence-electron chi connectivity index (χ3n) is 4.95. The molecular formula is C18H24O2. The molecule has 1 aliphatic carbocycles. The van der Waals surface area contributed by atoms with E-state index in [1.165, 1.54) is 32.1 Å². The van der Waals surface area contributed by atoms with Crippen LogP contribution in [-0.2, 0) is 0 Å². The van der Waals surface area contributed by atoms with Gasteiger partial charge < -0.3 is 4.74 Å². The summed E-state index contributed by atoms with van der Waals surface area (Å²) in [7, 11) is 0. The average molecular weight is 272 g/mol. The topological polar surface area (TPSA) is 26.3 Å². The molecule has 108 valence electrons. The van der Waals surface area contributed by atoms with Crippen molar-refractivity contribution in [3.63, 3.8) is 0 Å². The van der Waals surface area contributed by atoms with E-state index in [0.29, 0.717) is 6.42 Å². The second-order valence-corrected chi connectivity index (χ2v) is 6.47. The van der Waals surface area contributed by atoms with E-state index in [1.807, 2.05) is 24.3 Å². The first-order valence-electron chi connectivity index (χ1n) is 8.04. The average Bonchev–Trinajstić information content (AvgIpc) is 2.63. The van der Waals surface area contributed by atoms with Crippen molar-refractivity contribution in [1.29, 1.82) is 0 Å². The first-order valence-corrected chi connectivity index (χ1v) is 8.04. The predicted octanol–water partition coefficient (Wildman–Crippen LogP) is 4.77. The summed E-state index contributed by atoms with van der Waals surface area (Å²) >= 11 is 0. The normalized spacial score (nSPS) is 29.6. The fourth-order valence-corrected chi connectivity index (χ4v) is 3.87. The first-order chi connectivity index (χ1) is 9.72. The largest absolute Gasteiger partial charge is 0.486 e. The summed E-state index contributed by atoms with van der Waals surface area (Å²) in [4.78, 5) is 12.4. The van der Waals surface area contributed by atoms with Gasteiger partial charge in [-0.1, -0.05) is 38.3 Å². The Kier molecular flexibility index (Phi) is 3.82. The fourth-order valence-electron chi connectivity index (χ4n) is 3.87. The van der Waals surface area contributed by atoms with Crippen LogP contribution in [0.25, 0.3) is 0 Å². The molecule has 1 aliphatic heterocycles. The lowest BCUT2D eigenvalue weighted by atomic mass is 9.84. The fraction of sp³-hybridized carbons (Fsp3) is 0.611. The molecule has 20 heavy (non-hydrogen) atoms. The van der Waals surface area contributed by atoms with Crippen LogP contribution in [0.1, 0.15) is 68.6 Å². The molecule has 2 nitrogen and oxygen atoms in total. The van der Waals surface area contributed by atoms with Gasteiger partial charge in [-0.3, -0.25) is 4.79 Å². The summed E-state index contributed by atoms with van der Waals surface area (Å²) in [5.41, 5.74) is 0.556. The summed E-state index contributed by atoms with van der Waals surface area (Å²) in [5.74, 6) is 1.90. The first kappa shape index (κ1) is 13.7. The number of ether oxygens (including phenoxy) is 1. The number of carbonyl (C=O) groups is 1. The van der Waals surface area contributed by atoms with Gasteiger partial charge in [0.1, 0.15) is 11.4 Å². The number of ketones is 1. The minimum Gasteiger partial charge on any atom is -0.486 e. The van der Waals surface area contributed by atoms with Gasteiger partial charge in [0.15, 0.2) is 5.78 Å². The highest BCUT2D eigenvalue weighted by Crippen LogP contribution is 2.42. The molecule has 0 amide bonds. The molecule has 3 rings (SSSR count). The van der Waals surface area contributed by atoms with E-state index in [4.69, 9.17) is 4.74 Å². The number of para-hydroxylation sites is 1. The van der Waals surface area contributed by atoms with Gasteiger partial charge in [0.2, 0.25) is 0 Å². The Morgan fingerprint density at radius 1 is 1.25 bits per heavy atom. The lowest BCUT2D eigenvalue weighted by Gasteiger charge is -2.37. The van der Waals surface area contributed by atoms with Crippen LogP contribution in [0, 0.1) is 5.92 Å². The van der Waals surface area contributed by atoms with Crippen LogP contribution in [0.2, 0.25) is 0 Å². The van der Waals surface area contributed by atoms with Crippen LogP contribution in [0.3, 0.4) is 0 Å². The number of Topliss-reactive ketones (excluding diaryl/α,β-unsaturated/α-hetero) is 1. The quantitative estimate of drug-likeness (QED) is 0.775. The summed E-state index contributed by atoms with van der Waals surface area (Å²) in [6.45, 7) is 2.26. The highest BCUT2D eigenvalue weighted by Gasteiger charge is 2.41. The maximum Gasteiger partial charge on any atom is 0.170 e. The van der Waals surface area contributed by atoms with Crippen molar-refractivity contribution < 1.29 is 9.53 Å². The van der Waals surface area contributed by atoms with Gasteiger partial charge in [0.25, 0.3) is 0 Å². The highest BCUT2D eigenvalue weighted by molar-refractivity contribution is 6.00. The van der Waals surface area contributed by atoms with E-state index in [0.717, 1.165) is 30.1 Å². The molecule has 2 heteroatoms. The second-order valence-electron chi connectivity index (χ2n) is 6.47. The molecule has 2 atom stereocenters. The maximum atomic E-state index is 12.4. The van der Waals surface area contributed by atoms with Crippen molar-refractivity contribution in [2.75, 3.05) is 0 Å². The number of rotatable bonds is 2. The molecule has 0 saturated heterocycles. The van der Waals surface area contributed by atoms with Gasteiger partial charge in [-0.2, -0.15) is 0 Å². The molecule has 1 fully saturated rings. The molecule has 0 bridgehead atoms. The minimum atomic E-state index is -0.214. The maximum absolute atomic E-state index is 12.4. The zero-order valence-corrected chi connectivity index (χ0v) is 12.4. The zero-order valence-electron chi connectivity index (χ0n) is 12.4. The molecular weight excluding hydrogens is 248 g/mol. The van der Waals surface area contributed by atoms with Crippen molar-refractivity contribution in [1.82, 2.24) is 0 Å². The van der Waals surface area contributed by atoms with Crippen LogP contribution in [0.4, 0.5) is 0 Å². The van der Waals surface area contributed by atoms with E-state index < -0.39 is 0 Å². The monoisotopic (exact) mass is 272 g/mol. The van der Waals surface area contributed by atoms with Gasteiger partial charge >= 0.3 is 0 Å². The van der Waals surface area contributed by atoms with E-state index >= 15 is 0 Å².